The molecule has 0 saturated carbocycles. The molecule has 1 aliphatic rings. The summed E-state index contributed by atoms with van der Waals surface area (Å²) >= 11 is 0. The first kappa shape index (κ1) is 15.7. The lowest BCUT2D eigenvalue weighted by Gasteiger charge is -2.34. The van der Waals surface area contributed by atoms with Gasteiger partial charge in [-0.2, -0.15) is 0 Å². The lowest BCUT2D eigenvalue weighted by Crippen LogP contribution is -2.46. The quantitative estimate of drug-likeness (QED) is 0.838. The molecule has 0 aliphatic carbocycles. The number of rotatable bonds is 5. The smallest absolute Gasteiger partial charge is 0.225 e. The molecule has 0 radical (unpaired) electrons. The molecule has 1 aliphatic heterocycles. The number of hydrogen-bond donors (Lipinski definition) is 0. The highest BCUT2D eigenvalue weighted by molar-refractivity contribution is 5.30. The van der Waals surface area contributed by atoms with E-state index in [1.807, 2.05) is 24.7 Å². The Balaban J connectivity index is 1.53. The van der Waals surface area contributed by atoms with Crippen LogP contribution in [0.1, 0.15) is 18.1 Å². The van der Waals surface area contributed by atoms with Crippen molar-refractivity contribution in [2.45, 2.75) is 19.9 Å². The minimum absolute atomic E-state index is 0.659. The minimum Gasteiger partial charge on any atom is -0.481 e. The Hall–Kier alpha value is -2.21. The average molecular weight is 313 g/mol. The predicted molar refractivity (Wildman–Crippen MR) is 89.7 cm³/mol. The summed E-state index contributed by atoms with van der Waals surface area (Å²) in [6, 6.07) is 3.99. The van der Waals surface area contributed by atoms with Gasteiger partial charge >= 0.3 is 0 Å². The highest BCUT2D eigenvalue weighted by atomic mass is 16.5. The second-order valence-corrected chi connectivity index (χ2v) is 5.72. The van der Waals surface area contributed by atoms with Gasteiger partial charge in [-0.15, -0.1) is 0 Å². The molecule has 0 aromatic carbocycles. The summed E-state index contributed by atoms with van der Waals surface area (Å²) in [4.78, 5) is 17.9. The first-order valence-electron chi connectivity index (χ1n) is 8.05. The maximum atomic E-state index is 5.09. The van der Waals surface area contributed by atoms with Crippen molar-refractivity contribution in [3.63, 3.8) is 0 Å². The Morgan fingerprint density at radius 1 is 0.957 bits per heavy atom. The Morgan fingerprint density at radius 3 is 2.22 bits per heavy atom. The number of anilines is 1. The molecule has 1 saturated heterocycles. The van der Waals surface area contributed by atoms with E-state index in [0.29, 0.717) is 5.88 Å². The van der Waals surface area contributed by atoms with Crippen LogP contribution < -0.4 is 9.64 Å². The Bertz CT molecular complexity index is 606. The second-order valence-electron chi connectivity index (χ2n) is 5.72. The molecule has 0 N–H and O–H groups in total. The fourth-order valence-electron chi connectivity index (χ4n) is 2.68. The van der Waals surface area contributed by atoms with E-state index in [0.717, 1.165) is 45.1 Å². The zero-order chi connectivity index (χ0) is 16.1. The topological polar surface area (TPSA) is 54.4 Å². The van der Waals surface area contributed by atoms with Crippen molar-refractivity contribution in [3.05, 3.63) is 41.9 Å². The van der Waals surface area contributed by atoms with Gasteiger partial charge in [0, 0.05) is 57.4 Å². The van der Waals surface area contributed by atoms with E-state index in [9.17, 15) is 0 Å². The largest absolute Gasteiger partial charge is 0.481 e. The minimum atomic E-state index is 0.659. The van der Waals surface area contributed by atoms with Crippen LogP contribution in [0, 0.1) is 0 Å². The van der Waals surface area contributed by atoms with Gasteiger partial charge in [-0.05, 0) is 17.5 Å². The van der Waals surface area contributed by atoms with Crippen LogP contribution in [0.5, 0.6) is 5.88 Å². The lowest BCUT2D eigenvalue weighted by atomic mass is 10.2. The van der Waals surface area contributed by atoms with E-state index in [4.69, 9.17) is 4.74 Å². The summed E-state index contributed by atoms with van der Waals surface area (Å²) in [5, 5.41) is 0. The standard InChI is InChI=1S/C17H23N5O/c1-3-14-10-19-17(20-11-14)22-8-6-21(7-9-22)13-15-4-5-16(23-2)18-12-15/h4-5,10-12H,3,6-9,13H2,1-2H3. The molecule has 6 heteroatoms. The van der Waals surface area contributed by atoms with E-state index in [1.54, 1.807) is 7.11 Å². The van der Waals surface area contributed by atoms with Gasteiger partial charge in [-0.1, -0.05) is 13.0 Å². The van der Waals surface area contributed by atoms with Crippen molar-refractivity contribution in [2.75, 3.05) is 38.2 Å². The van der Waals surface area contributed by atoms with E-state index in [1.165, 1.54) is 11.1 Å². The number of aromatic nitrogens is 3. The molecule has 2 aromatic heterocycles. The first-order valence-corrected chi connectivity index (χ1v) is 8.05. The molecular weight excluding hydrogens is 290 g/mol. The van der Waals surface area contributed by atoms with Crippen LogP contribution in [0.2, 0.25) is 0 Å². The molecule has 6 nitrogen and oxygen atoms in total. The molecule has 0 spiro atoms. The third-order valence-electron chi connectivity index (χ3n) is 4.17. The maximum Gasteiger partial charge on any atom is 0.225 e. The van der Waals surface area contributed by atoms with Crippen molar-refractivity contribution >= 4 is 5.95 Å². The molecule has 0 unspecified atom stereocenters. The third-order valence-corrected chi connectivity index (χ3v) is 4.17. The van der Waals surface area contributed by atoms with Crippen LogP contribution in [-0.2, 0) is 13.0 Å². The molecule has 23 heavy (non-hydrogen) atoms. The summed E-state index contributed by atoms with van der Waals surface area (Å²) in [6.07, 6.45) is 6.72. The molecule has 0 atom stereocenters. The van der Waals surface area contributed by atoms with Gasteiger partial charge in [0.1, 0.15) is 0 Å². The Kier molecular flexibility index (Phi) is 5.02. The first-order chi connectivity index (χ1) is 11.3. The van der Waals surface area contributed by atoms with Gasteiger partial charge in [-0.25, -0.2) is 15.0 Å². The van der Waals surface area contributed by atoms with Crippen molar-refractivity contribution in [1.82, 2.24) is 19.9 Å². The SMILES string of the molecule is CCc1cnc(N2CCN(Cc3ccc(OC)nc3)CC2)nc1. The average Bonchev–Trinajstić information content (AvgIpc) is 2.63. The number of ether oxygens (including phenoxy) is 1. The summed E-state index contributed by atoms with van der Waals surface area (Å²) in [6.45, 7) is 6.95. The number of hydrogen-bond acceptors (Lipinski definition) is 6. The fourth-order valence-corrected chi connectivity index (χ4v) is 2.68. The monoisotopic (exact) mass is 313 g/mol. The van der Waals surface area contributed by atoms with E-state index >= 15 is 0 Å². The van der Waals surface area contributed by atoms with E-state index in [-0.39, 0.29) is 0 Å². The van der Waals surface area contributed by atoms with Gasteiger partial charge in [0.25, 0.3) is 0 Å². The highest BCUT2D eigenvalue weighted by Crippen LogP contribution is 2.14. The molecule has 3 heterocycles. The van der Waals surface area contributed by atoms with Crippen LogP contribution in [0.4, 0.5) is 5.95 Å². The van der Waals surface area contributed by atoms with Gasteiger partial charge < -0.3 is 9.64 Å². The maximum absolute atomic E-state index is 5.09. The van der Waals surface area contributed by atoms with Crippen molar-refractivity contribution < 1.29 is 4.74 Å². The van der Waals surface area contributed by atoms with Gasteiger partial charge in [0.2, 0.25) is 11.8 Å². The Labute approximate surface area is 137 Å². The fraction of sp³-hybridized carbons (Fsp3) is 0.471. The lowest BCUT2D eigenvalue weighted by molar-refractivity contribution is 0.248. The molecule has 0 bridgehead atoms. The van der Waals surface area contributed by atoms with E-state index in [2.05, 4.69) is 37.7 Å². The third kappa shape index (κ3) is 3.96. The zero-order valence-corrected chi connectivity index (χ0v) is 13.8. The molecule has 2 aromatic rings. The molecule has 1 fully saturated rings. The number of piperazine rings is 1. The molecule has 122 valence electrons. The van der Waals surface area contributed by atoms with E-state index < -0.39 is 0 Å². The number of pyridine rings is 1. The molecule has 3 rings (SSSR count). The highest BCUT2D eigenvalue weighted by Gasteiger charge is 2.19. The molecular formula is C17H23N5O. The summed E-state index contributed by atoms with van der Waals surface area (Å²) in [5.41, 5.74) is 2.39. The van der Waals surface area contributed by atoms with Gasteiger partial charge in [0.05, 0.1) is 7.11 Å². The number of methoxy groups -OCH3 is 1. The zero-order valence-electron chi connectivity index (χ0n) is 13.8. The van der Waals surface area contributed by atoms with Crippen molar-refractivity contribution in [2.24, 2.45) is 0 Å². The van der Waals surface area contributed by atoms with Crippen LogP contribution in [-0.4, -0.2) is 53.1 Å². The van der Waals surface area contributed by atoms with Crippen molar-refractivity contribution in [1.29, 1.82) is 0 Å². The number of aryl methyl sites for hydroxylation is 1. The van der Waals surface area contributed by atoms with Gasteiger partial charge in [0.15, 0.2) is 0 Å². The second kappa shape index (κ2) is 7.37. The van der Waals surface area contributed by atoms with Crippen LogP contribution in [0.15, 0.2) is 30.7 Å². The molecule has 0 amide bonds. The van der Waals surface area contributed by atoms with Crippen molar-refractivity contribution in [3.8, 4) is 5.88 Å². The summed E-state index contributed by atoms with van der Waals surface area (Å²) in [7, 11) is 1.64. The summed E-state index contributed by atoms with van der Waals surface area (Å²) < 4.78 is 5.09. The van der Waals surface area contributed by atoms with Gasteiger partial charge in [-0.3, -0.25) is 4.90 Å². The Morgan fingerprint density at radius 2 is 1.65 bits per heavy atom. The number of nitrogens with zero attached hydrogens (tertiary/aromatic N) is 5. The predicted octanol–water partition coefficient (Wildman–Crippen LogP) is 1.76. The summed E-state index contributed by atoms with van der Waals surface area (Å²) in [5.74, 6) is 1.50. The van der Waals surface area contributed by atoms with Crippen LogP contribution >= 0.6 is 0 Å². The van der Waals surface area contributed by atoms with Crippen LogP contribution in [0.25, 0.3) is 0 Å². The van der Waals surface area contributed by atoms with Crippen LogP contribution in [0.3, 0.4) is 0 Å². The normalized spacial score (nSPS) is 15.7.